The normalized spacial score (nSPS) is 22.2. The van der Waals surface area contributed by atoms with E-state index in [0.717, 1.165) is 8.45 Å². The average molecular weight is 398 g/mol. The van der Waals surface area contributed by atoms with E-state index >= 15 is 0 Å². The molecule has 0 saturated carbocycles. The lowest BCUT2D eigenvalue weighted by atomic mass is 9.95. The third-order valence-corrected chi connectivity index (χ3v) is 5.48. The number of rotatable bonds is 2. The first-order valence-corrected chi connectivity index (χ1v) is 8.45. The first-order chi connectivity index (χ1) is 9.65. The molecule has 0 spiro atoms. The second-order valence-electron chi connectivity index (χ2n) is 5.03. The zero-order valence-electron chi connectivity index (χ0n) is 10.8. The van der Waals surface area contributed by atoms with E-state index in [1.54, 1.807) is 11.3 Å². The maximum atomic E-state index is 12.5. The van der Waals surface area contributed by atoms with Crippen LogP contribution in [0.15, 0.2) is 41.8 Å². The van der Waals surface area contributed by atoms with Crippen LogP contribution in [0.4, 0.5) is 0 Å². The highest BCUT2D eigenvalue weighted by Gasteiger charge is 2.34. The molecule has 0 unspecified atom stereocenters. The molecule has 0 aliphatic carbocycles. The summed E-state index contributed by atoms with van der Waals surface area (Å²) in [6.45, 7) is 1.33. The number of nitrogens with two attached hydrogens (primary N) is 1. The van der Waals surface area contributed by atoms with Crippen molar-refractivity contribution in [3.63, 3.8) is 0 Å². The van der Waals surface area contributed by atoms with Crippen LogP contribution in [-0.2, 0) is 0 Å². The molecule has 20 heavy (non-hydrogen) atoms. The van der Waals surface area contributed by atoms with Crippen LogP contribution in [0.25, 0.3) is 0 Å². The third-order valence-electron chi connectivity index (χ3n) is 3.69. The Kier molecular flexibility index (Phi) is 4.09. The lowest BCUT2D eigenvalue weighted by Crippen LogP contribution is -2.32. The maximum Gasteiger partial charge on any atom is 0.254 e. The van der Waals surface area contributed by atoms with Crippen molar-refractivity contribution in [2.45, 2.75) is 12.0 Å². The summed E-state index contributed by atoms with van der Waals surface area (Å²) in [6, 6.07) is 12.2. The second kappa shape index (κ2) is 5.83. The predicted molar refractivity (Wildman–Crippen MR) is 90.1 cm³/mol. The molecule has 3 rings (SSSR count). The van der Waals surface area contributed by atoms with Crippen molar-refractivity contribution in [2.24, 2.45) is 5.73 Å². The van der Waals surface area contributed by atoms with Crippen LogP contribution in [-0.4, -0.2) is 29.9 Å². The molecule has 1 aliphatic rings. The fraction of sp³-hybridized carbons (Fsp3) is 0.267. The molecule has 1 amide bonds. The van der Waals surface area contributed by atoms with Gasteiger partial charge in [0.05, 0.1) is 8.45 Å². The summed E-state index contributed by atoms with van der Waals surface area (Å²) in [4.78, 5) is 14.3. The van der Waals surface area contributed by atoms with E-state index < -0.39 is 0 Å². The van der Waals surface area contributed by atoms with Crippen molar-refractivity contribution in [2.75, 3.05) is 13.1 Å². The smallest absolute Gasteiger partial charge is 0.254 e. The van der Waals surface area contributed by atoms with E-state index in [2.05, 4.69) is 34.7 Å². The van der Waals surface area contributed by atoms with E-state index in [1.165, 1.54) is 5.56 Å². The van der Waals surface area contributed by atoms with Gasteiger partial charge in [-0.25, -0.2) is 0 Å². The van der Waals surface area contributed by atoms with Crippen molar-refractivity contribution < 1.29 is 4.79 Å². The molecule has 1 saturated heterocycles. The first-order valence-electron chi connectivity index (χ1n) is 6.49. The number of amides is 1. The fourth-order valence-electron chi connectivity index (χ4n) is 2.65. The van der Waals surface area contributed by atoms with Gasteiger partial charge >= 0.3 is 0 Å². The van der Waals surface area contributed by atoms with Crippen molar-refractivity contribution in [1.82, 2.24) is 4.90 Å². The summed E-state index contributed by atoms with van der Waals surface area (Å²) in [5.74, 6) is 0.330. The SMILES string of the molecule is N[C@@H]1CN(C(=O)c2csc(I)c2)C[C@H]1c1ccccc1. The van der Waals surface area contributed by atoms with Crippen LogP contribution in [0.5, 0.6) is 0 Å². The fourth-order valence-corrected chi connectivity index (χ4v) is 3.97. The minimum Gasteiger partial charge on any atom is -0.336 e. The summed E-state index contributed by atoms with van der Waals surface area (Å²) >= 11 is 3.84. The molecule has 5 heteroatoms. The number of hydrogen-bond donors (Lipinski definition) is 1. The number of halogens is 1. The first kappa shape index (κ1) is 14.0. The monoisotopic (exact) mass is 398 g/mol. The van der Waals surface area contributed by atoms with Gasteiger partial charge in [0.2, 0.25) is 0 Å². The molecule has 1 aromatic carbocycles. The van der Waals surface area contributed by atoms with Crippen LogP contribution in [0.3, 0.4) is 0 Å². The summed E-state index contributed by atoms with van der Waals surface area (Å²) in [7, 11) is 0. The quantitative estimate of drug-likeness (QED) is 0.791. The van der Waals surface area contributed by atoms with Crippen molar-refractivity contribution in [3.05, 3.63) is 55.8 Å². The summed E-state index contributed by atoms with van der Waals surface area (Å²) in [5.41, 5.74) is 8.23. The number of carbonyl (C=O) groups excluding carboxylic acids is 1. The molecular formula is C15H15IN2OS. The van der Waals surface area contributed by atoms with Crippen LogP contribution in [0.2, 0.25) is 0 Å². The highest BCUT2D eigenvalue weighted by Crippen LogP contribution is 2.28. The number of thiophene rings is 1. The van der Waals surface area contributed by atoms with Gasteiger partial charge in [0.15, 0.2) is 0 Å². The largest absolute Gasteiger partial charge is 0.336 e. The number of nitrogens with zero attached hydrogens (tertiary/aromatic N) is 1. The zero-order chi connectivity index (χ0) is 14.1. The van der Waals surface area contributed by atoms with E-state index in [4.69, 9.17) is 5.73 Å². The highest BCUT2D eigenvalue weighted by molar-refractivity contribution is 14.1. The topological polar surface area (TPSA) is 46.3 Å². The van der Waals surface area contributed by atoms with Crippen molar-refractivity contribution >= 4 is 39.8 Å². The Labute approximate surface area is 135 Å². The van der Waals surface area contributed by atoms with Gasteiger partial charge in [0.1, 0.15) is 0 Å². The number of likely N-dealkylation sites (tertiary alicyclic amines) is 1. The van der Waals surface area contributed by atoms with Crippen LogP contribution < -0.4 is 5.73 Å². The van der Waals surface area contributed by atoms with Gasteiger partial charge in [-0.1, -0.05) is 30.3 Å². The maximum absolute atomic E-state index is 12.5. The van der Waals surface area contributed by atoms with Crippen LogP contribution in [0.1, 0.15) is 21.8 Å². The molecule has 2 aromatic rings. The highest BCUT2D eigenvalue weighted by atomic mass is 127. The number of benzene rings is 1. The Morgan fingerprint density at radius 1 is 1.30 bits per heavy atom. The van der Waals surface area contributed by atoms with E-state index in [9.17, 15) is 4.79 Å². The van der Waals surface area contributed by atoms with E-state index in [1.807, 2.05) is 34.5 Å². The minimum absolute atomic E-state index is 0.0130. The lowest BCUT2D eigenvalue weighted by Gasteiger charge is -2.15. The second-order valence-corrected chi connectivity index (χ2v) is 7.84. The van der Waals surface area contributed by atoms with Crippen LogP contribution in [0, 0.1) is 2.88 Å². The molecule has 2 atom stereocenters. The summed E-state index contributed by atoms with van der Waals surface area (Å²) in [6.07, 6.45) is 0. The molecule has 1 aliphatic heterocycles. The van der Waals surface area contributed by atoms with Gasteiger partial charge in [-0.15, -0.1) is 11.3 Å². The van der Waals surface area contributed by atoms with Gasteiger partial charge in [-0.3, -0.25) is 4.79 Å². The average Bonchev–Trinajstić information content (AvgIpc) is 3.05. The Morgan fingerprint density at radius 3 is 2.70 bits per heavy atom. The van der Waals surface area contributed by atoms with Gasteiger partial charge in [-0.2, -0.15) is 0 Å². The van der Waals surface area contributed by atoms with Gasteiger partial charge in [-0.05, 0) is 34.2 Å². The Bertz CT molecular complexity index is 613. The van der Waals surface area contributed by atoms with Crippen molar-refractivity contribution in [1.29, 1.82) is 0 Å². The molecule has 0 radical (unpaired) electrons. The minimum atomic E-state index is 0.0130. The molecule has 104 valence electrons. The van der Waals surface area contributed by atoms with Gasteiger partial charge < -0.3 is 10.6 Å². The standard InChI is InChI=1S/C15H15IN2OS/c16-14-6-11(9-20-14)15(19)18-7-12(13(17)8-18)10-4-2-1-3-5-10/h1-6,9,12-13H,7-8,17H2/t12-,13+/m0/s1. The molecule has 3 nitrogen and oxygen atoms in total. The van der Waals surface area contributed by atoms with E-state index in [0.29, 0.717) is 13.1 Å². The molecular weight excluding hydrogens is 383 g/mol. The molecule has 0 bridgehead atoms. The molecule has 2 N–H and O–H groups in total. The summed E-state index contributed by atoms with van der Waals surface area (Å²) in [5, 5.41) is 1.92. The third kappa shape index (κ3) is 2.75. The number of carbonyl (C=O) groups is 1. The zero-order valence-corrected chi connectivity index (χ0v) is 13.8. The van der Waals surface area contributed by atoms with E-state index in [-0.39, 0.29) is 17.9 Å². The Hall–Kier alpha value is -0.920. The van der Waals surface area contributed by atoms with Gasteiger partial charge in [0, 0.05) is 30.4 Å². The molecule has 1 fully saturated rings. The predicted octanol–water partition coefficient (Wildman–Crippen LogP) is 2.92. The Morgan fingerprint density at radius 2 is 2.05 bits per heavy atom. The molecule has 2 heterocycles. The van der Waals surface area contributed by atoms with Gasteiger partial charge in [0.25, 0.3) is 5.91 Å². The van der Waals surface area contributed by atoms with Crippen LogP contribution >= 0.6 is 33.9 Å². The Balaban J connectivity index is 1.77. The lowest BCUT2D eigenvalue weighted by molar-refractivity contribution is 0.0789. The summed E-state index contributed by atoms with van der Waals surface area (Å²) < 4.78 is 1.13. The molecule has 1 aromatic heterocycles. The number of hydrogen-bond acceptors (Lipinski definition) is 3. The van der Waals surface area contributed by atoms with Crippen molar-refractivity contribution in [3.8, 4) is 0 Å².